The van der Waals surface area contributed by atoms with Gasteiger partial charge in [0.15, 0.2) is 0 Å². The molecule has 0 radical (unpaired) electrons. The Morgan fingerprint density at radius 1 is 1.19 bits per heavy atom. The molecule has 1 atom stereocenters. The van der Waals surface area contributed by atoms with Crippen molar-refractivity contribution in [3.05, 3.63) is 35.4 Å². The quantitative estimate of drug-likeness (QED) is 0.873. The summed E-state index contributed by atoms with van der Waals surface area (Å²) in [6.45, 7) is 2.11. The van der Waals surface area contributed by atoms with Crippen LogP contribution in [0.1, 0.15) is 18.1 Å². The summed E-state index contributed by atoms with van der Waals surface area (Å²) in [5.41, 5.74) is 2.38. The van der Waals surface area contributed by atoms with Crippen molar-refractivity contribution in [1.29, 1.82) is 0 Å². The second-order valence-corrected chi connectivity index (χ2v) is 4.93. The van der Waals surface area contributed by atoms with Gasteiger partial charge in [-0.2, -0.15) is 0 Å². The summed E-state index contributed by atoms with van der Waals surface area (Å²) >= 11 is 1.08. The highest BCUT2D eigenvalue weighted by atomic mass is 32.2. The van der Waals surface area contributed by atoms with Gasteiger partial charge in [-0.05, 0) is 24.0 Å². The van der Waals surface area contributed by atoms with E-state index in [9.17, 15) is 9.59 Å². The van der Waals surface area contributed by atoms with Crippen LogP contribution >= 0.6 is 11.8 Å². The van der Waals surface area contributed by atoms with Crippen LogP contribution in [0.15, 0.2) is 24.3 Å². The Hall–Kier alpha value is -1.29. The van der Waals surface area contributed by atoms with Gasteiger partial charge in [-0.3, -0.25) is 14.9 Å². The van der Waals surface area contributed by atoms with Crippen LogP contribution in [0.25, 0.3) is 0 Å². The number of hydrogen-bond acceptors (Lipinski definition) is 3. The summed E-state index contributed by atoms with van der Waals surface area (Å²) < 4.78 is 0. The maximum Gasteiger partial charge on any atom is 0.286 e. The van der Waals surface area contributed by atoms with E-state index in [2.05, 4.69) is 24.4 Å². The fourth-order valence-electron chi connectivity index (χ4n) is 1.65. The number of benzene rings is 1. The van der Waals surface area contributed by atoms with Crippen molar-refractivity contribution < 1.29 is 9.59 Å². The summed E-state index contributed by atoms with van der Waals surface area (Å²) in [4.78, 5) is 22.3. The minimum absolute atomic E-state index is 0.172. The summed E-state index contributed by atoms with van der Waals surface area (Å²) in [6, 6.07) is 8.17. The van der Waals surface area contributed by atoms with Crippen molar-refractivity contribution in [2.45, 2.75) is 25.0 Å². The smallest absolute Gasteiger partial charge is 0.286 e. The van der Waals surface area contributed by atoms with E-state index >= 15 is 0 Å². The highest BCUT2D eigenvalue weighted by molar-refractivity contribution is 8.15. The number of nitrogens with one attached hydrogen (secondary N) is 1. The number of amides is 2. The number of rotatable bonds is 3. The highest BCUT2D eigenvalue weighted by Gasteiger charge is 2.31. The lowest BCUT2D eigenvalue weighted by molar-refractivity contribution is -0.118. The lowest BCUT2D eigenvalue weighted by atomic mass is 10.1. The minimum atomic E-state index is -0.264. The van der Waals surface area contributed by atoms with E-state index in [1.54, 1.807) is 0 Å². The molecule has 0 aliphatic carbocycles. The number of thioether (sulfide) groups is 1. The second-order valence-electron chi connectivity index (χ2n) is 3.76. The van der Waals surface area contributed by atoms with Crippen LogP contribution in [0.3, 0.4) is 0 Å². The first-order valence-electron chi connectivity index (χ1n) is 5.28. The van der Waals surface area contributed by atoms with Crippen LogP contribution in [-0.2, 0) is 17.6 Å². The number of hydrogen-bond donors (Lipinski definition) is 1. The Bertz CT molecular complexity index is 414. The van der Waals surface area contributed by atoms with Gasteiger partial charge in [0.2, 0.25) is 5.91 Å². The van der Waals surface area contributed by atoms with Crippen LogP contribution in [0, 0.1) is 0 Å². The zero-order valence-corrected chi connectivity index (χ0v) is 9.84. The number of carbonyl (C=O) groups is 2. The number of aryl methyl sites for hydroxylation is 1. The maximum absolute atomic E-state index is 11.4. The normalized spacial score (nSPS) is 19.9. The lowest BCUT2D eigenvalue weighted by Crippen LogP contribution is -2.25. The van der Waals surface area contributed by atoms with E-state index in [0.29, 0.717) is 6.42 Å². The van der Waals surface area contributed by atoms with Crippen LogP contribution in [0.2, 0.25) is 0 Å². The Morgan fingerprint density at radius 3 is 2.31 bits per heavy atom. The molecule has 1 fully saturated rings. The molecule has 1 heterocycles. The van der Waals surface area contributed by atoms with Gasteiger partial charge in [-0.25, -0.2) is 0 Å². The highest BCUT2D eigenvalue weighted by Crippen LogP contribution is 2.22. The molecule has 0 spiro atoms. The summed E-state index contributed by atoms with van der Waals surface area (Å²) in [7, 11) is 0. The molecular weight excluding hydrogens is 222 g/mol. The average molecular weight is 235 g/mol. The molecule has 16 heavy (non-hydrogen) atoms. The lowest BCUT2D eigenvalue weighted by Gasteiger charge is -2.05. The van der Waals surface area contributed by atoms with E-state index in [-0.39, 0.29) is 16.4 Å². The minimum Gasteiger partial charge on any atom is -0.286 e. The first-order chi connectivity index (χ1) is 7.69. The van der Waals surface area contributed by atoms with E-state index in [1.807, 2.05) is 12.1 Å². The molecule has 0 saturated carbocycles. The van der Waals surface area contributed by atoms with Gasteiger partial charge in [-0.1, -0.05) is 43.0 Å². The molecule has 1 N–H and O–H groups in total. The number of imide groups is 1. The van der Waals surface area contributed by atoms with Crippen LogP contribution < -0.4 is 5.32 Å². The van der Waals surface area contributed by atoms with E-state index in [4.69, 9.17) is 0 Å². The molecule has 2 rings (SSSR count). The largest absolute Gasteiger partial charge is 0.286 e. The third-order valence-electron chi connectivity index (χ3n) is 2.62. The second kappa shape index (κ2) is 4.70. The third-order valence-corrected chi connectivity index (χ3v) is 3.60. The summed E-state index contributed by atoms with van der Waals surface area (Å²) in [5.74, 6) is -0.172. The van der Waals surface area contributed by atoms with Crippen molar-refractivity contribution in [2.75, 3.05) is 0 Å². The fourth-order valence-corrected chi connectivity index (χ4v) is 2.51. The molecule has 2 amide bonds. The molecule has 1 saturated heterocycles. The predicted molar refractivity (Wildman–Crippen MR) is 64.4 cm³/mol. The van der Waals surface area contributed by atoms with E-state index in [1.165, 1.54) is 5.56 Å². The molecule has 1 unspecified atom stereocenters. The Morgan fingerprint density at radius 2 is 1.81 bits per heavy atom. The molecule has 84 valence electrons. The molecule has 1 aliphatic rings. The van der Waals surface area contributed by atoms with Gasteiger partial charge in [-0.15, -0.1) is 0 Å². The standard InChI is InChI=1S/C12H13NO2S/c1-2-8-3-5-9(6-4-8)7-10-11(14)13-12(15)16-10/h3-6,10H,2,7H2,1H3,(H,13,14,15). The summed E-state index contributed by atoms with van der Waals surface area (Å²) in [5, 5.41) is 1.79. The van der Waals surface area contributed by atoms with Crippen molar-refractivity contribution >= 4 is 22.9 Å². The van der Waals surface area contributed by atoms with E-state index < -0.39 is 0 Å². The van der Waals surface area contributed by atoms with Crippen molar-refractivity contribution in [3.8, 4) is 0 Å². The molecule has 1 aliphatic heterocycles. The van der Waals surface area contributed by atoms with Crippen molar-refractivity contribution in [3.63, 3.8) is 0 Å². The SMILES string of the molecule is CCc1ccc(CC2SC(=O)NC2=O)cc1. The molecule has 0 bridgehead atoms. The molecule has 0 aromatic heterocycles. The van der Waals surface area contributed by atoms with Gasteiger partial charge in [0.25, 0.3) is 5.24 Å². The Labute approximate surface area is 98.6 Å². The van der Waals surface area contributed by atoms with Crippen LogP contribution in [0.5, 0.6) is 0 Å². The number of carbonyl (C=O) groups excluding carboxylic acids is 2. The van der Waals surface area contributed by atoms with Gasteiger partial charge >= 0.3 is 0 Å². The topological polar surface area (TPSA) is 46.2 Å². The zero-order chi connectivity index (χ0) is 11.5. The van der Waals surface area contributed by atoms with Gasteiger partial charge < -0.3 is 0 Å². The van der Waals surface area contributed by atoms with Gasteiger partial charge in [0.05, 0.1) is 5.25 Å². The Kier molecular flexibility index (Phi) is 3.29. The van der Waals surface area contributed by atoms with Gasteiger partial charge in [0.1, 0.15) is 0 Å². The molecule has 4 heteroatoms. The third kappa shape index (κ3) is 2.44. The zero-order valence-electron chi connectivity index (χ0n) is 9.03. The van der Waals surface area contributed by atoms with E-state index in [0.717, 1.165) is 23.7 Å². The Balaban J connectivity index is 2.03. The van der Waals surface area contributed by atoms with Crippen molar-refractivity contribution in [1.82, 2.24) is 5.32 Å². The first kappa shape index (κ1) is 11.2. The fraction of sp³-hybridized carbons (Fsp3) is 0.333. The maximum atomic E-state index is 11.4. The predicted octanol–water partition coefficient (Wildman–Crippen LogP) is 2.14. The van der Waals surface area contributed by atoms with Crippen LogP contribution in [-0.4, -0.2) is 16.4 Å². The van der Waals surface area contributed by atoms with Crippen LogP contribution in [0.4, 0.5) is 4.79 Å². The average Bonchev–Trinajstić information content (AvgIpc) is 2.59. The first-order valence-corrected chi connectivity index (χ1v) is 6.16. The van der Waals surface area contributed by atoms with Crippen molar-refractivity contribution in [2.24, 2.45) is 0 Å². The monoisotopic (exact) mass is 235 g/mol. The molecule has 1 aromatic carbocycles. The molecule has 3 nitrogen and oxygen atoms in total. The molecule has 1 aromatic rings. The summed E-state index contributed by atoms with van der Waals surface area (Å²) in [6.07, 6.45) is 1.63. The molecular formula is C12H13NO2S. The van der Waals surface area contributed by atoms with Gasteiger partial charge in [0, 0.05) is 0 Å².